The Hall–Kier alpha value is -2.61. The molecule has 0 unspecified atom stereocenters. The van der Waals surface area contributed by atoms with Crippen LogP contribution in [0.2, 0.25) is 0 Å². The molecule has 1 N–H and O–H groups in total. The number of hydrogen-bond donors (Lipinski definition) is 1. The van der Waals surface area contributed by atoms with Crippen LogP contribution in [0.1, 0.15) is 72.3 Å². The lowest BCUT2D eigenvalue weighted by molar-refractivity contribution is -0.299. The van der Waals surface area contributed by atoms with Crippen LogP contribution in [0.3, 0.4) is 0 Å². The third kappa shape index (κ3) is 8.05. The number of aliphatic hydroxyl groups is 1. The Bertz CT molecular complexity index is 1340. The first-order chi connectivity index (χ1) is 23.6. The van der Waals surface area contributed by atoms with Crippen LogP contribution in [0.15, 0.2) is 30.3 Å². The molecule has 5 saturated heterocycles. The Morgan fingerprint density at radius 2 is 1.74 bits per heavy atom. The first-order valence-corrected chi connectivity index (χ1v) is 18.3. The number of ketones is 1. The fourth-order valence-electron chi connectivity index (χ4n) is 8.63. The molecule has 2 bridgehead atoms. The summed E-state index contributed by atoms with van der Waals surface area (Å²) < 4.78 is 31.3. The number of likely N-dealkylation sites (N-methyl/N-ethyl adjacent to an activating group) is 2. The third-order valence-electron chi connectivity index (χ3n) is 11.8. The number of ether oxygens (including phenoxy) is 5. The Kier molecular flexibility index (Phi) is 12.0. The molecule has 1 spiro atoms. The van der Waals surface area contributed by atoms with Crippen molar-refractivity contribution in [1.29, 1.82) is 0 Å². The molecule has 0 aromatic heterocycles. The Morgan fingerprint density at radius 1 is 1.06 bits per heavy atom. The fraction of sp³-hybridized carbons (Fsp3) is 0.763. The van der Waals surface area contributed by atoms with E-state index in [9.17, 15) is 19.5 Å². The number of hydrogen-bond acceptors (Lipinski definition) is 11. The number of amides is 1. The largest absolute Gasteiger partial charge is 0.463 e. The van der Waals surface area contributed by atoms with Crippen molar-refractivity contribution in [3.63, 3.8) is 0 Å². The topological polar surface area (TPSA) is 127 Å². The Labute approximate surface area is 297 Å². The highest BCUT2D eigenvalue weighted by atomic mass is 16.7. The summed E-state index contributed by atoms with van der Waals surface area (Å²) in [5.74, 6) is -1.53. The van der Waals surface area contributed by atoms with E-state index in [2.05, 4.69) is 11.8 Å². The number of aliphatic hydroxyl groups excluding tert-OH is 1. The average Bonchev–Trinajstić information content (AvgIpc) is 3.09. The summed E-state index contributed by atoms with van der Waals surface area (Å²) in [5, 5.41) is 11.4. The molecule has 12 heteroatoms. The molecular formula is C38H59N3O9. The van der Waals surface area contributed by atoms with Crippen molar-refractivity contribution in [1.82, 2.24) is 14.7 Å². The van der Waals surface area contributed by atoms with Crippen LogP contribution in [0, 0.1) is 17.3 Å². The third-order valence-corrected chi connectivity index (χ3v) is 11.8. The maximum atomic E-state index is 14.5. The Morgan fingerprint density at radius 3 is 2.40 bits per heavy atom. The molecule has 6 rings (SSSR count). The van der Waals surface area contributed by atoms with E-state index >= 15 is 0 Å². The summed E-state index contributed by atoms with van der Waals surface area (Å²) in [5.41, 5.74) is -2.00. The number of esters is 1. The van der Waals surface area contributed by atoms with Gasteiger partial charge in [0.1, 0.15) is 24.7 Å². The summed E-state index contributed by atoms with van der Waals surface area (Å²) in [6, 6.07) is 9.40. The standard InChI is InChI=1S/C38H59N3O9/c1-25-21-37(5)32(50-33-30(42)29(39(6)7)20-26(2)49-33)27(3)31(43)36(4,16-19-48-37)34(44)47-24-38(40(8)22-25)14-17-41(18-15-38)35(45)46-23-28-12-10-9-11-13-28/h9-13,25-27,29-30,32-33,42H,14-24H2,1-8H3/t25-,26-,27+,29+,30-,32-,33+,36-,37-/m1/s1. The van der Waals surface area contributed by atoms with Crippen LogP contribution in [0.4, 0.5) is 4.79 Å². The van der Waals surface area contributed by atoms with Gasteiger partial charge in [0, 0.05) is 38.2 Å². The van der Waals surface area contributed by atoms with Crippen LogP contribution in [-0.2, 0) is 39.9 Å². The zero-order valence-corrected chi connectivity index (χ0v) is 31.3. The highest BCUT2D eigenvalue weighted by molar-refractivity contribution is 6.04. The van der Waals surface area contributed by atoms with Gasteiger partial charge in [-0.25, -0.2) is 4.79 Å². The Balaban J connectivity index is 1.38. The lowest BCUT2D eigenvalue weighted by Crippen LogP contribution is -2.61. The monoisotopic (exact) mass is 701 g/mol. The molecule has 12 nitrogen and oxygen atoms in total. The molecule has 50 heavy (non-hydrogen) atoms. The average molecular weight is 702 g/mol. The lowest BCUT2D eigenvalue weighted by atomic mass is 9.71. The minimum absolute atomic E-state index is 0.0806. The lowest BCUT2D eigenvalue weighted by Gasteiger charge is -2.49. The molecule has 280 valence electrons. The van der Waals surface area contributed by atoms with Crippen molar-refractivity contribution in [2.24, 2.45) is 17.3 Å². The van der Waals surface area contributed by atoms with E-state index in [-0.39, 0.29) is 56.2 Å². The van der Waals surface area contributed by atoms with E-state index in [4.69, 9.17) is 23.7 Å². The van der Waals surface area contributed by atoms with Gasteiger partial charge in [0.2, 0.25) is 0 Å². The fourth-order valence-corrected chi connectivity index (χ4v) is 8.63. The summed E-state index contributed by atoms with van der Waals surface area (Å²) in [7, 11) is 5.88. The van der Waals surface area contributed by atoms with Crippen molar-refractivity contribution in [2.45, 2.75) is 115 Å². The molecule has 1 amide bonds. The smallest absolute Gasteiger partial charge is 0.410 e. The van der Waals surface area contributed by atoms with Crippen molar-refractivity contribution >= 4 is 17.8 Å². The van der Waals surface area contributed by atoms with Gasteiger partial charge in [-0.3, -0.25) is 14.5 Å². The second-order valence-electron chi connectivity index (χ2n) is 16.0. The van der Waals surface area contributed by atoms with Crippen LogP contribution in [0.25, 0.3) is 0 Å². The van der Waals surface area contributed by atoms with Crippen LogP contribution >= 0.6 is 0 Å². The van der Waals surface area contributed by atoms with Gasteiger partial charge in [0.15, 0.2) is 12.1 Å². The zero-order valence-electron chi connectivity index (χ0n) is 31.3. The van der Waals surface area contributed by atoms with Crippen LogP contribution in [0.5, 0.6) is 0 Å². The SMILES string of the molecule is C[C@H]1CN(C)C2(CCN(C(=O)OCc3ccccc3)CC2)COC(=O)[C@]2(C)CCO[C@](C)(C1)[C@H](O[C@@H]1O[C@H](C)C[C@H](N(C)C)[C@H]1O)[C@@H](C)C2=O. The molecular weight excluding hydrogens is 642 g/mol. The van der Waals surface area contributed by atoms with E-state index in [1.165, 1.54) is 0 Å². The molecule has 5 aliphatic rings. The van der Waals surface area contributed by atoms with Gasteiger partial charge >= 0.3 is 12.1 Å². The molecule has 9 atom stereocenters. The maximum Gasteiger partial charge on any atom is 0.410 e. The van der Waals surface area contributed by atoms with Crippen molar-refractivity contribution < 1.29 is 43.2 Å². The molecule has 5 heterocycles. The van der Waals surface area contributed by atoms with Gasteiger partial charge in [-0.15, -0.1) is 0 Å². The second kappa shape index (κ2) is 15.6. The predicted octanol–water partition coefficient (Wildman–Crippen LogP) is 3.87. The molecule has 5 aliphatic heterocycles. The van der Waals surface area contributed by atoms with Crippen LogP contribution in [-0.4, -0.2) is 133 Å². The maximum absolute atomic E-state index is 14.5. The van der Waals surface area contributed by atoms with E-state index in [1.54, 1.807) is 18.7 Å². The molecule has 5 fully saturated rings. The molecule has 0 saturated carbocycles. The van der Waals surface area contributed by atoms with Gasteiger partial charge < -0.3 is 38.6 Å². The summed E-state index contributed by atoms with van der Waals surface area (Å²) in [4.78, 5) is 47.5. The van der Waals surface area contributed by atoms with Crippen molar-refractivity contribution in [2.75, 3.05) is 54.0 Å². The quantitative estimate of drug-likeness (QED) is 0.355. The van der Waals surface area contributed by atoms with E-state index < -0.39 is 46.9 Å². The zero-order chi connectivity index (χ0) is 36.4. The summed E-state index contributed by atoms with van der Waals surface area (Å²) >= 11 is 0. The van der Waals surface area contributed by atoms with Gasteiger partial charge in [0.25, 0.3) is 0 Å². The molecule has 0 radical (unpaired) electrons. The van der Waals surface area contributed by atoms with Gasteiger partial charge in [-0.05, 0) is 85.5 Å². The number of carbonyl (C=O) groups excluding carboxylic acids is 3. The minimum Gasteiger partial charge on any atom is -0.463 e. The van der Waals surface area contributed by atoms with Gasteiger partial charge in [0.05, 0.1) is 23.3 Å². The molecule has 1 aromatic rings. The molecule has 1 aromatic carbocycles. The number of benzene rings is 1. The predicted molar refractivity (Wildman–Crippen MR) is 186 cm³/mol. The number of nitrogens with zero attached hydrogens (tertiary/aromatic N) is 3. The number of carbonyl (C=O) groups is 3. The van der Waals surface area contributed by atoms with Gasteiger partial charge in [-0.2, -0.15) is 0 Å². The number of piperidine rings is 1. The molecule has 0 aliphatic carbocycles. The summed E-state index contributed by atoms with van der Waals surface area (Å²) in [6.45, 7) is 11.6. The van der Waals surface area contributed by atoms with E-state index in [0.29, 0.717) is 45.3 Å². The minimum atomic E-state index is -1.46. The van der Waals surface area contributed by atoms with Crippen molar-refractivity contribution in [3.8, 4) is 0 Å². The van der Waals surface area contributed by atoms with Gasteiger partial charge in [-0.1, -0.05) is 44.2 Å². The first kappa shape index (κ1) is 38.6. The number of Topliss-reactive ketones (excluding diaryl/α,β-unsaturated/α-hetero) is 1. The van der Waals surface area contributed by atoms with Crippen LogP contribution < -0.4 is 0 Å². The number of rotatable bonds is 5. The second-order valence-corrected chi connectivity index (χ2v) is 16.0. The highest BCUT2D eigenvalue weighted by Crippen LogP contribution is 2.43. The normalized spacial score (nSPS) is 37.4. The first-order valence-electron chi connectivity index (χ1n) is 18.3. The van der Waals surface area contributed by atoms with E-state index in [0.717, 1.165) is 5.56 Å². The van der Waals surface area contributed by atoms with Crippen molar-refractivity contribution in [3.05, 3.63) is 35.9 Å². The highest BCUT2D eigenvalue weighted by Gasteiger charge is 2.55. The summed E-state index contributed by atoms with van der Waals surface area (Å²) in [6.07, 6.45) is -0.721. The number of likely N-dealkylation sites (tertiary alicyclic amines) is 1. The van der Waals surface area contributed by atoms with E-state index in [1.807, 2.05) is 70.2 Å². The number of fused-ring (bicyclic) bond motifs is 9.